The lowest BCUT2D eigenvalue weighted by atomic mass is 9.86. The molecule has 0 spiro atoms. The summed E-state index contributed by atoms with van der Waals surface area (Å²) in [5.41, 5.74) is 1.29. The van der Waals surface area contributed by atoms with Gasteiger partial charge < -0.3 is 26.2 Å². The molecule has 4 unspecified atom stereocenters. The van der Waals surface area contributed by atoms with Gasteiger partial charge in [0.05, 0.1) is 18.1 Å². The largest absolute Gasteiger partial charge is 0.390 e. The number of hydrogen-bond acceptors (Lipinski definition) is 7. The maximum absolute atomic E-state index is 13.0. The Labute approximate surface area is 237 Å². The van der Waals surface area contributed by atoms with Crippen LogP contribution >= 0.6 is 11.8 Å². The molecule has 3 amide bonds. The van der Waals surface area contributed by atoms with E-state index in [2.05, 4.69) is 27.9 Å². The van der Waals surface area contributed by atoms with Crippen molar-refractivity contribution >= 4 is 35.7 Å². The third-order valence-electron chi connectivity index (χ3n) is 6.04. The zero-order valence-corrected chi connectivity index (χ0v) is 24.7. The molecule has 0 fully saturated rings. The quantitative estimate of drug-likeness (QED) is 0.106. The molecule has 0 aromatic heterocycles. The van der Waals surface area contributed by atoms with Crippen molar-refractivity contribution in [3.8, 4) is 0 Å². The van der Waals surface area contributed by atoms with Crippen molar-refractivity contribution in [2.75, 3.05) is 18.1 Å². The predicted octanol–water partition coefficient (Wildman–Crippen LogP) is 2.82. The Kier molecular flexibility index (Phi) is 17.1. The molecule has 9 nitrogen and oxygen atoms in total. The van der Waals surface area contributed by atoms with Crippen LogP contribution < -0.4 is 16.0 Å². The molecule has 0 aliphatic carbocycles. The minimum atomic E-state index is -1.39. The highest BCUT2D eigenvalue weighted by Gasteiger charge is 2.35. The number of carbonyl (C=O) groups excluding carboxylic acids is 3. The molecule has 0 saturated carbocycles. The average Bonchev–Trinajstić information content (AvgIpc) is 2.92. The van der Waals surface area contributed by atoms with Gasteiger partial charge in [0.25, 0.3) is 0 Å². The summed E-state index contributed by atoms with van der Waals surface area (Å²) < 4.78 is 0. The average molecular weight is 563 g/mol. The van der Waals surface area contributed by atoms with Crippen LogP contribution in [0.2, 0.25) is 0 Å². The van der Waals surface area contributed by atoms with Crippen molar-refractivity contribution in [2.24, 2.45) is 16.8 Å². The van der Waals surface area contributed by atoms with Gasteiger partial charge in [0.1, 0.15) is 6.04 Å². The number of nitrogens with zero attached hydrogens (tertiary/aromatic N) is 1. The van der Waals surface area contributed by atoms with Gasteiger partial charge in [0.2, 0.25) is 17.7 Å². The Balaban J connectivity index is 2.79. The van der Waals surface area contributed by atoms with E-state index < -0.39 is 36.0 Å². The van der Waals surface area contributed by atoms with E-state index in [4.69, 9.17) is 0 Å². The third kappa shape index (κ3) is 13.3. The van der Waals surface area contributed by atoms with E-state index in [1.54, 1.807) is 38.7 Å². The van der Waals surface area contributed by atoms with E-state index in [0.717, 1.165) is 30.6 Å². The highest BCUT2D eigenvalue weighted by Crippen LogP contribution is 2.19. The van der Waals surface area contributed by atoms with E-state index in [1.165, 1.54) is 6.20 Å². The maximum atomic E-state index is 13.0. The molecule has 1 rings (SSSR count). The fourth-order valence-corrected chi connectivity index (χ4v) is 4.80. The summed E-state index contributed by atoms with van der Waals surface area (Å²) in [5, 5.41) is 29.7. The van der Waals surface area contributed by atoms with Crippen LogP contribution in [0.5, 0.6) is 0 Å². The van der Waals surface area contributed by atoms with Gasteiger partial charge in [-0.15, -0.1) is 0 Å². The van der Waals surface area contributed by atoms with E-state index in [9.17, 15) is 24.6 Å². The zero-order valence-electron chi connectivity index (χ0n) is 23.9. The Bertz CT molecular complexity index is 939. The van der Waals surface area contributed by atoms with Crippen molar-refractivity contribution < 1.29 is 24.6 Å². The Morgan fingerprint density at radius 2 is 1.74 bits per heavy atom. The summed E-state index contributed by atoms with van der Waals surface area (Å²) >= 11 is 1.56. The number of aliphatic imine (C=N–C) groups is 1. The molecule has 4 atom stereocenters. The van der Waals surface area contributed by atoms with Gasteiger partial charge in [-0.3, -0.25) is 19.4 Å². The molecule has 1 aromatic carbocycles. The molecule has 0 bridgehead atoms. The molecule has 39 heavy (non-hydrogen) atoms. The van der Waals surface area contributed by atoms with Crippen LogP contribution in [0.1, 0.15) is 59.4 Å². The number of rotatable bonds is 18. The number of unbranched alkanes of at least 4 members (excludes halogenated alkanes) is 1. The van der Waals surface area contributed by atoms with Crippen molar-refractivity contribution in [1.29, 1.82) is 0 Å². The summed E-state index contributed by atoms with van der Waals surface area (Å²) in [6, 6.07) is 8.57. The minimum Gasteiger partial charge on any atom is -0.390 e. The number of aliphatic hydroxyl groups is 2. The Morgan fingerprint density at radius 3 is 2.36 bits per heavy atom. The molecule has 0 radical (unpaired) electrons. The second-order valence-corrected chi connectivity index (χ2v) is 10.9. The number of aliphatic hydroxyl groups excluding tert-OH is 2. The molecule has 10 heteroatoms. The molecule has 0 heterocycles. The highest BCUT2D eigenvalue weighted by molar-refractivity contribution is 7.99. The third-order valence-corrected chi connectivity index (χ3v) is 7.19. The van der Waals surface area contributed by atoms with Gasteiger partial charge in [0, 0.05) is 36.8 Å². The second kappa shape index (κ2) is 19.4. The van der Waals surface area contributed by atoms with Crippen LogP contribution in [0.3, 0.4) is 0 Å². The number of nitrogens with one attached hydrogen (secondary N) is 3. The van der Waals surface area contributed by atoms with Gasteiger partial charge in [-0.25, -0.2) is 0 Å². The first-order chi connectivity index (χ1) is 18.6. The highest BCUT2D eigenvalue weighted by atomic mass is 32.2. The monoisotopic (exact) mass is 562 g/mol. The number of thioether (sulfide) groups is 1. The van der Waals surface area contributed by atoms with Crippen molar-refractivity contribution in [3.63, 3.8) is 0 Å². The molecule has 0 aliphatic heterocycles. The molecule has 0 saturated heterocycles. The Hall–Kier alpha value is -2.69. The lowest BCUT2D eigenvalue weighted by Gasteiger charge is -2.29. The summed E-state index contributed by atoms with van der Waals surface area (Å²) in [6.45, 7) is 9.26. The van der Waals surface area contributed by atoms with E-state index in [1.807, 2.05) is 37.3 Å². The summed E-state index contributed by atoms with van der Waals surface area (Å²) in [6.07, 6.45) is 3.12. The lowest BCUT2D eigenvalue weighted by molar-refractivity contribution is -0.135. The first-order valence-electron chi connectivity index (χ1n) is 13.6. The number of benzene rings is 1. The maximum Gasteiger partial charge on any atom is 0.249 e. The molecular weight excluding hydrogens is 516 g/mol. The van der Waals surface area contributed by atoms with Crippen LogP contribution in [0.25, 0.3) is 0 Å². The summed E-state index contributed by atoms with van der Waals surface area (Å²) in [5.74, 6) is -1.18. The minimum absolute atomic E-state index is 0.256. The second-order valence-electron chi connectivity index (χ2n) is 9.78. The van der Waals surface area contributed by atoms with Crippen molar-refractivity contribution in [1.82, 2.24) is 16.0 Å². The summed E-state index contributed by atoms with van der Waals surface area (Å²) in [4.78, 5) is 42.5. The zero-order chi connectivity index (χ0) is 29.2. The van der Waals surface area contributed by atoms with Crippen LogP contribution in [0.4, 0.5) is 0 Å². The van der Waals surface area contributed by atoms with Gasteiger partial charge in [0.15, 0.2) is 0 Å². The van der Waals surface area contributed by atoms with Crippen molar-refractivity contribution in [3.05, 3.63) is 47.7 Å². The molecule has 218 valence electrons. The van der Waals surface area contributed by atoms with Crippen LogP contribution in [-0.2, 0) is 20.9 Å². The Morgan fingerprint density at radius 1 is 1.05 bits per heavy atom. The van der Waals surface area contributed by atoms with E-state index >= 15 is 0 Å². The van der Waals surface area contributed by atoms with Gasteiger partial charge >= 0.3 is 0 Å². The van der Waals surface area contributed by atoms with Gasteiger partial charge in [-0.2, -0.15) is 11.8 Å². The smallest absolute Gasteiger partial charge is 0.249 e. The molecule has 1 aromatic rings. The van der Waals surface area contributed by atoms with Crippen molar-refractivity contribution in [2.45, 2.75) is 78.7 Å². The first kappa shape index (κ1) is 34.3. The molecular formula is C29H46N4O5S. The van der Waals surface area contributed by atoms with E-state index in [-0.39, 0.29) is 18.4 Å². The van der Waals surface area contributed by atoms with Gasteiger partial charge in [-0.1, -0.05) is 64.4 Å². The normalized spacial score (nSPS) is 15.0. The first-order valence-corrected chi connectivity index (χ1v) is 14.8. The number of carbonyl (C=O) groups is 3. The fourth-order valence-electron chi connectivity index (χ4n) is 3.67. The number of hydrogen-bond donors (Lipinski definition) is 5. The van der Waals surface area contributed by atoms with Gasteiger partial charge in [-0.05, 0) is 37.0 Å². The van der Waals surface area contributed by atoms with E-state index in [0.29, 0.717) is 17.9 Å². The standard InChI is InChI=1S/C29H46N4O5S/c1-6-8-15-39-19-23(33-27(36)21(5)16-30-14-7-2)28(37)32-18-24(34)26(35)25(20(3)4)29(38)31-17-22-12-10-9-11-13-22/h9-14,16,20,23-26,34-35H,6-8,15,17-19H2,1-5H3,(H,31,38)(H,32,37)(H,33,36)/b21-16+,30-14?. The lowest BCUT2D eigenvalue weighted by Crippen LogP contribution is -2.53. The van der Waals surface area contributed by atoms with Crippen LogP contribution in [-0.4, -0.2) is 70.4 Å². The predicted molar refractivity (Wildman–Crippen MR) is 158 cm³/mol. The van der Waals surface area contributed by atoms with Crippen LogP contribution in [0.15, 0.2) is 47.1 Å². The van der Waals surface area contributed by atoms with Crippen LogP contribution in [0, 0.1) is 11.8 Å². The topological polar surface area (TPSA) is 140 Å². The SMILES string of the molecule is CCC=N/C=C(\C)C(=O)NC(CSCCCC)C(=O)NCC(O)C(O)C(C(=O)NCc1ccccc1)C(C)C. The summed E-state index contributed by atoms with van der Waals surface area (Å²) in [7, 11) is 0. The molecule has 0 aliphatic rings. The number of amides is 3. The molecule has 5 N–H and O–H groups in total. The fraction of sp³-hybridized carbons (Fsp3) is 0.586.